The number of hydrogen-bond donors (Lipinski definition) is 1. The molecule has 0 amide bonds. The molecule has 0 heterocycles. The molecule has 23 heavy (non-hydrogen) atoms. The molecule has 0 bridgehead atoms. The van der Waals surface area contributed by atoms with E-state index in [9.17, 15) is 20.2 Å². The Morgan fingerprint density at radius 2 is 1.96 bits per heavy atom. The van der Waals surface area contributed by atoms with Gasteiger partial charge in [-0.1, -0.05) is 20.8 Å². The second-order valence-electron chi connectivity index (χ2n) is 6.86. The van der Waals surface area contributed by atoms with Gasteiger partial charge in [0.05, 0.1) is 15.9 Å². The van der Waals surface area contributed by atoms with Crippen molar-refractivity contribution < 1.29 is 9.85 Å². The maximum Gasteiger partial charge on any atom is 0.301 e. The van der Waals surface area contributed by atoms with Gasteiger partial charge in [0.25, 0.3) is 5.69 Å². The lowest BCUT2D eigenvalue weighted by Crippen LogP contribution is -2.28. The van der Waals surface area contributed by atoms with Crippen LogP contribution in [-0.2, 0) is 0 Å². The van der Waals surface area contributed by atoms with Crippen LogP contribution < -0.4 is 5.43 Å². The highest BCUT2D eigenvalue weighted by Gasteiger charge is 2.29. The summed E-state index contributed by atoms with van der Waals surface area (Å²) in [6.07, 6.45) is 2.78. The van der Waals surface area contributed by atoms with Gasteiger partial charge in [0.2, 0.25) is 0 Å². The van der Waals surface area contributed by atoms with Crippen LogP contribution in [0.4, 0.5) is 17.1 Å². The van der Waals surface area contributed by atoms with Crippen LogP contribution in [0.5, 0.6) is 0 Å². The fraction of sp³-hybridized carbons (Fsp3) is 0.533. The minimum absolute atomic E-state index is 0.152. The van der Waals surface area contributed by atoms with Crippen molar-refractivity contribution in [2.45, 2.75) is 40.0 Å². The van der Waals surface area contributed by atoms with Crippen LogP contribution in [0, 0.1) is 31.6 Å². The summed E-state index contributed by atoms with van der Waals surface area (Å²) >= 11 is 0. The molecule has 1 aromatic carbocycles. The van der Waals surface area contributed by atoms with E-state index >= 15 is 0 Å². The summed E-state index contributed by atoms with van der Waals surface area (Å²) in [6, 6.07) is 3.48. The molecule has 0 radical (unpaired) electrons. The van der Waals surface area contributed by atoms with Gasteiger partial charge in [-0.05, 0) is 36.7 Å². The monoisotopic (exact) mass is 320 g/mol. The zero-order valence-electron chi connectivity index (χ0n) is 13.4. The van der Waals surface area contributed by atoms with E-state index in [0.717, 1.165) is 31.0 Å². The van der Waals surface area contributed by atoms with Gasteiger partial charge in [-0.15, -0.1) is 0 Å². The van der Waals surface area contributed by atoms with Crippen LogP contribution in [0.25, 0.3) is 0 Å². The predicted octanol–water partition coefficient (Wildman–Crippen LogP) is 4.12. The molecule has 1 atom stereocenters. The molecule has 0 aromatic heterocycles. The number of hydrazone groups is 1. The molecule has 0 spiro atoms. The van der Waals surface area contributed by atoms with Crippen LogP contribution >= 0.6 is 0 Å². The van der Waals surface area contributed by atoms with E-state index < -0.39 is 9.85 Å². The molecule has 0 unspecified atom stereocenters. The molecule has 8 heteroatoms. The number of hydrogen-bond acceptors (Lipinski definition) is 6. The minimum atomic E-state index is -0.659. The van der Waals surface area contributed by atoms with Crippen LogP contribution in [0.2, 0.25) is 0 Å². The van der Waals surface area contributed by atoms with E-state index in [1.165, 1.54) is 12.1 Å². The summed E-state index contributed by atoms with van der Waals surface area (Å²) in [6.45, 7) is 6.50. The lowest BCUT2D eigenvalue weighted by molar-refractivity contribution is -0.393. The number of nitrogens with zero attached hydrogens (tertiary/aromatic N) is 3. The first-order valence-corrected chi connectivity index (χ1v) is 7.42. The SMILES string of the molecule is C[C@@H]1CC(=NNc2ccc([N+](=O)[O-])cc2[N+](=O)[O-])CC(C)(C)C1. The van der Waals surface area contributed by atoms with Crippen molar-refractivity contribution in [1.82, 2.24) is 0 Å². The van der Waals surface area contributed by atoms with Crippen molar-refractivity contribution in [3.8, 4) is 0 Å². The molecular formula is C15H20N4O4. The number of nitro benzene ring substituents is 2. The molecule has 0 saturated heterocycles. The number of anilines is 1. The lowest BCUT2D eigenvalue weighted by Gasteiger charge is -2.34. The van der Waals surface area contributed by atoms with Gasteiger partial charge in [0, 0.05) is 11.8 Å². The van der Waals surface area contributed by atoms with Crippen molar-refractivity contribution in [2.24, 2.45) is 16.4 Å². The molecule has 0 aliphatic heterocycles. The standard InChI is InChI=1S/C15H20N4O4/c1-10-6-11(9-15(2,3)8-10)16-17-13-5-4-12(18(20)21)7-14(13)19(22)23/h4-5,7,10,17H,6,8-9H2,1-3H3/t10-/m1/s1. The highest BCUT2D eigenvalue weighted by Crippen LogP contribution is 2.37. The fourth-order valence-electron chi connectivity index (χ4n) is 3.22. The Balaban J connectivity index is 2.24. The summed E-state index contributed by atoms with van der Waals surface area (Å²) in [5, 5.41) is 26.1. The maximum absolute atomic E-state index is 11.1. The zero-order valence-corrected chi connectivity index (χ0v) is 13.4. The summed E-state index contributed by atoms with van der Waals surface area (Å²) < 4.78 is 0. The predicted molar refractivity (Wildman–Crippen MR) is 87.6 cm³/mol. The van der Waals surface area contributed by atoms with E-state index in [0.29, 0.717) is 5.92 Å². The van der Waals surface area contributed by atoms with Gasteiger partial charge >= 0.3 is 5.69 Å². The quantitative estimate of drug-likeness (QED) is 0.662. The van der Waals surface area contributed by atoms with Crippen LogP contribution in [0.1, 0.15) is 40.0 Å². The minimum Gasteiger partial charge on any atom is -0.272 e. The average molecular weight is 320 g/mol. The Morgan fingerprint density at radius 3 is 2.52 bits per heavy atom. The van der Waals surface area contributed by atoms with Crippen LogP contribution in [0.15, 0.2) is 23.3 Å². The van der Waals surface area contributed by atoms with E-state index in [4.69, 9.17) is 0 Å². The van der Waals surface area contributed by atoms with E-state index in [-0.39, 0.29) is 22.5 Å². The normalized spacial score (nSPS) is 21.9. The number of benzene rings is 1. The number of nitrogens with one attached hydrogen (secondary N) is 1. The van der Waals surface area contributed by atoms with Gasteiger partial charge in [-0.3, -0.25) is 25.7 Å². The third-order valence-electron chi connectivity index (χ3n) is 3.89. The van der Waals surface area contributed by atoms with Gasteiger partial charge in [0.15, 0.2) is 0 Å². The molecule has 124 valence electrons. The van der Waals surface area contributed by atoms with Gasteiger partial charge in [0.1, 0.15) is 5.69 Å². The molecular weight excluding hydrogens is 300 g/mol. The van der Waals surface area contributed by atoms with Gasteiger partial charge in [-0.25, -0.2) is 0 Å². The molecule has 1 aliphatic rings. The smallest absolute Gasteiger partial charge is 0.272 e. The summed E-state index contributed by atoms with van der Waals surface area (Å²) in [5.74, 6) is 0.506. The molecule has 1 aromatic rings. The molecule has 1 N–H and O–H groups in total. The number of non-ortho nitro benzene ring substituents is 1. The van der Waals surface area contributed by atoms with Crippen LogP contribution in [0.3, 0.4) is 0 Å². The van der Waals surface area contributed by atoms with Crippen LogP contribution in [-0.4, -0.2) is 15.6 Å². The first-order valence-electron chi connectivity index (χ1n) is 7.42. The Bertz CT molecular complexity index is 669. The highest BCUT2D eigenvalue weighted by atomic mass is 16.6. The summed E-state index contributed by atoms with van der Waals surface area (Å²) in [5.41, 5.74) is 3.31. The fourth-order valence-corrected chi connectivity index (χ4v) is 3.22. The molecule has 1 saturated carbocycles. The molecule has 2 rings (SSSR count). The van der Waals surface area contributed by atoms with Gasteiger partial charge < -0.3 is 0 Å². The largest absolute Gasteiger partial charge is 0.301 e. The zero-order chi connectivity index (χ0) is 17.2. The van der Waals surface area contributed by atoms with Crippen molar-refractivity contribution in [2.75, 3.05) is 5.43 Å². The highest BCUT2D eigenvalue weighted by molar-refractivity contribution is 5.87. The van der Waals surface area contributed by atoms with E-state index in [1.54, 1.807) is 0 Å². The van der Waals surface area contributed by atoms with Crippen molar-refractivity contribution in [3.63, 3.8) is 0 Å². The first-order chi connectivity index (χ1) is 10.7. The van der Waals surface area contributed by atoms with Gasteiger partial charge in [-0.2, -0.15) is 5.10 Å². The van der Waals surface area contributed by atoms with E-state index in [2.05, 4.69) is 31.3 Å². The number of rotatable bonds is 4. The van der Waals surface area contributed by atoms with E-state index in [1.807, 2.05) is 0 Å². The topological polar surface area (TPSA) is 111 Å². The third kappa shape index (κ3) is 4.24. The number of nitro groups is 2. The van der Waals surface area contributed by atoms with Crippen molar-refractivity contribution in [3.05, 3.63) is 38.4 Å². The Hall–Kier alpha value is -2.51. The Kier molecular flexibility index (Phi) is 4.63. The summed E-state index contributed by atoms with van der Waals surface area (Å²) in [7, 11) is 0. The Morgan fingerprint density at radius 1 is 1.26 bits per heavy atom. The van der Waals surface area contributed by atoms with Crippen molar-refractivity contribution >= 4 is 22.8 Å². The molecule has 1 aliphatic carbocycles. The second kappa shape index (κ2) is 6.31. The third-order valence-corrected chi connectivity index (χ3v) is 3.89. The average Bonchev–Trinajstić information content (AvgIpc) is 2.42. The lowest BCUT2D eigenvalue weighted by atomic mass is 9.72. The molecule has 8 nitrogen and oxygen atoms in total. The maximum atomic E-state index is 11.1. The first kappa shape index (κ1) is 16.9. The Labute approximate surface area is 133 Å². The molecule has 1 fully saturated rings. The summed E-state index contributed by atoms with van der Waals surface area (Å²) in [4.78, 5) is 20.5. The second-order valence-corrected chi connectivity index (χ2v) is 6.86. The van der Waals surface area contributed by atoms with Crippen molar-refractivity contribution in [1.29, 1.82) is 0 Å².